The summed E-state index contributed by atoms with van der Waals surface area (Å²) in [5.41, 5.74) is 0.159. The molecule has 3 heteroatoms. The Balaban J connectivity index is 2.15. The molecule has 0 radical (unpaired) electrons. The maximum Gasteiger partial charge on any atom is 0.0484 e. The van der Waals surface area contributed by atoms with E-state index in [4.69, 9.17) is 16.3 Å². The molecule has 90 valence electrons. The van der Waals surface area contributed by atoms with Gasteiger partial charge in [0.15, 0.2) is 0 Å². The Bertz CT molecular complexity index is 158. The van der Waals surface area contributed by atoms with Crippen molar-refractivity contribution < 1.29 is 4.74 Å². The second-order valence-electron chi connectivity index (χ2n) is 4.51. The van der Waals surface area contributed by atoms with Crippen molar-refractivity contribution >= 4 is 11.6 Å². The van der Waals surface area contributed by atoms with E-state index in [9.17, 15) is 0 Å². The smallest absolute Gasteiger partial charge is 0.0484 e. The minimum Gasteiger partial charge on any atom is -0.381 e. The Morgan fingerprint density at radius 1 is 1.20 bits per heavy atom. The van der Waals surface area contributed by atoms with Crippen LogP contribution in [-0.2, 0) is 4.74 Å². The maximum atomic E-state index is 6.06. The summed E-state index contributed by atoms with van der Waals surface area (Å²) in [6.07, 6.45) is 7.37. The van der Waals surface area contributed by atoms with Gasteiger partial charge < -0.3 is 10.1 Å². The van der Waals surface area contributed by atoms with E-state index in [2.05, 4.69) is 12.2 Å². The van der Waals surface area contributed by atoms with Crippen molar-refractivity contribution in [3.63, 3.8) is 0 Å². The molecular weight excluding hydrogens is 210 g/mol. The number of hydrogen-bond donors (Lipinski definition) is 1. The summed E-state index contributed by atoms with van der Waals surface area (Å²) in [4.78, 5) is 0. The van der Waals surface area contributed by atoms with Crippen LogP contribution >= 0.6 is 11.6 Å². The van der Waals surface area contributed by atoms with Gasteiger partial charge in [-0.1, -0.05) is 26.2 Å². The van der Waals surface area contributed by atoms with Crippen LogP contribution in [0.15, 0.2) is 0 Å². The Morgan fingerprint density at radius 2 is 1.93 bits per heavy atom. The molecule has 1 saturated heterocycles. The summed E-state index contributed by atoms with van der Waals surface area (Å²) in [5, 5.41) is 3.63. The third-order valence-corrected chi connectivity index (χ3v) is 3.75. The van der Waals surface area contributed by atoms with Gasteiger partial charge in [0.25, 0.3) is 0 Å². The molecule has 0 unspecified atom stereocenters. The van der Waals surface area contributed by atoms with Crippen molar-refractivity contribution in [1.82, 2.24) is 5.32 Å². The normalized spacial score (nSPS) is 20.4. The van der Waals surface area contributed by atoms with E-state index in [-0.39, 0.29) is 5.54 Å². The molecular formula is C12H24ClNO. The van der Waals surface area contributed by atoms with Crippen LogP contribution in [0.4, 0.5) is 0 Å². The first-order valence-electron chi connectivity index (χ1n) is 6.22. The van der Waals surface area contributed by atoms with E-state index in [1.54, 1.807) is 0 Å². The van der Waals surface area contributed by atoms with Gasteiger partial charge in [0.1, 0.15) is 0 Å². The monoisotopic (exact) mass is 233 g/mol. The second-order valence-corrected chi connectivity index (χ2v) is 4.78. The van der Waals surface area contributed by atoms with Crippen molar-refractivity contribution in [2.45, 2.75) is 51.0 Å². The molecule has 0 aromatic rings. The van der Waals surface area contributed by atoms with Crippen LogP contribution in [0.5, 0.6) is 0 Å². The highest BCUT2D eigenvalue weighted by atomic mass is 35.5. The third-order valence-electron chi connectivity index (χ3n) is 3.24. The predicted octanol–water partition coefficient (Wildman–Crippen LogP) is 2.94. The average molecular weight is 234 g/mol. The number of hydrogen-bond acceptors (Lipinski definition) is 2. The zero-order valence-corrected chi connectivity index (χ0v) is 10.6. The molecule has 0 aromatic carbocycles. The zero-order chi connectivity index (χ0) is 11.0. The Labute approximate surface area is 98.7 Å². The third kappa shape index (κ3) is 4.71. The summed E-state index contributed by atoms with van der Waals surface area (Å²) >= 11 is 6.06. The number of rotatable bonds is 7. The lowest BCUT2D eigenvalue weighted by Crippen LogP contribution is -2.51. The number of ether oxygens (including phenoxy) is 1. The minimum atomic E-state index is 0.159. The van der Waals surface area contributed by atoms with Gasteiger partial charge in [-0.25, -0.2) is 0 Å². The summed E-state index contributed by atoms with van der Waals surface area (Å²) in [6.45, 7) is 5.06. The van der Waals surface area contributed by atoms with E-state index in [0.29, 0.717) is 5.88 Å². The maximum absolute atomic E-state index is 6.06. The lowest BCUT2D eigenvalue weighted by atomic mass is 9.92. The molecule has 0 atom stereocenters. The molecule has 2 nitrogen and oxygen atoms in total. The van der Waals surface area contributed by atoms with Gasteiger partial charge in [-0.05, 0) is 25.8 Å². The number of unbranched alkanes of at least 4 members (excludes halogenated alkanes) is 3. The fraction of sp³-hybridized carbons (Fsp3) is 1.00. The van der Waals surface area contributed by atoms with Crippen LogP contribution in [0.25, 0.3) is 0 Å². The highest BCUT2D eigenvalue weighted by Gasteiger charge is 2.30. The van der Waals surface area contributed by atoms with Crippen LogP contribution in [0.3, 0.4) is 0 Å². The van der Waals surface area contributed by atoms with Crippen molar-refractivity contribution in [2.24, 2.45) is 0 Å². The molecule has 1 aliphatic rings. The van der Waals surface area contributed by atoms with E-state index in [0.717, 1.165) is 32.6 Å². The van der Waals surface area contributed by atoms with Gasteiger partial charge in [0.2, 0.25) is 0 Å². The number of alkyl halides is 1. The molecule has 1 aliphatic heterocycles. The molecule has 1 heterocycles. The molecule has 1 N–H and O–H groups in total. The van der Waals surface area contributed by atoms with Gasteiger partial charge >= 0.3 is 0 Å². The first kappa shape index (κ1) is 13.3. The summed E-state index contributed by atoms with van der Waals surface area (Å²) in [7, 11) is 0. The van der Waals surface area contributed by atoms with E-state index < -0.39 is 0 Å². The van der Waals surface area contributed by atoms with Crippen LogP contribution in [0.2, 0.25) is 0 Å². The molecule has 1 rings (SSSR count). The SMILES string of the molecule is CCCCCCNC1(CCl)CCOCC1. The minimum absolute atomic E-state index is 0.159. The standard InChI is InChI=1S/C12H24ClNO/c1-2-3-4-5-8-14-12(11-13)6-9-15-10-7-12/h14H,2-11H2,1H3. The van der Waals surface area contributed by atoms with Crippen molar-refractivity contribution in [1.29, 1.82) is 0 Å². The van der Waals surface area contributed by atoms with Gasteiger partial charge in [-0.3, -0.25) is 0 Å². The fourth-order valence-corrected chi connectivity index (χ4v) is 2.39. The summed E-state index contributed by atoms with van der Waals surface area (Å²) < 4.78 is 5.37. The Hall–Kier alpha value is 0.210. The van der Waals surface area contributed by atoms with Crippen molar-refractivity contribution in [2.75, 3.05) is 25.6 Å². The molecule has 0 bridgehead atoms. The quantitative estimate of drug-likeness (QED) is 0.539. The summed E-state index contributed by atoms with van der Waals surface area (Å²) in [6, 6.07) is 0. The van der Waals surface area contributed by atoms with E-state index >= 15 is 0 Å². The largest absolute Gasteiger partial charge is 0.381 e. The highest BCUT2D eigenvalue weighted by molar-refractivity contribution is 6.18. The lowest BCUT2D eigenvalue weighted by Gasteiger charge is -2.36. The van der Waals surface area contributed by atoms with E-state index in [1.807, 2.05) is 0 Å². The topological polar surface area (TPSA) is 21.3 Å². The van der Waals surface area contributed by atoms with Crippen LogP contribution in [0, 0.1) is 0 Å². The Morgan fingerprint density at radius 3 is 2.53 bits per heavy atom. The van der Waals surface area contributed by atoms with Crippen LogP contribution in [0.1, 0.15) is 45.4 Å². The Kier molecular flexibility index (Phi) is 6.62. The molecule has 0 amide bonds. The van der Waals surface area contributed by atoms with Gasteiger partial charge in [-0.2, -0.15) is 0 Å². The lowest BCUT2D eigenvalue weighted by molar-refractivity contribution is 0.0466. The molecule has 0 aromatic heterocycles. The number of halogens is 1. The van der Waals surface area contributed by atoms with Gasteiger partial charge in [0, 0.05) is 24.6 Å². The zero-order valence-electron chi connectivity index (χ0n) is 9.86. The molecule has 0 spiro atoms. The first-order chi connectivity index (χ1) is 7.33. The van der Waals surface area contributed by atoms with Crippen LogP contribution < -0.4 is 5.32 Å². The molecule has 1 fully saturated rings. The van der Waals surface area contributed by atoms with Crippen molar-refractivity contribution in [3.8, 4) is 0 Å². The fourth-order valence-electron chi connectivity index (χ4n) is 2.03. The highest BCUT2D eigenvalue weighted by Crippen LogP contribution is 2.22. The van der Waals surface area contributed by atoms with Crippen molar-refractivity contribution in [3.05, 3.63) is 0 Å². The molecule has 15 heavy (non-hydrogen) atoms. The molecule has 0 saturated carbocycles. The number of nitrogens with one attached hydrogen (secondary N) is 1. The summed E-state index contributed by atoms with van der Waals surface area (Å²) in [5.74, 6) is 0.712. The van der Waals surface area contributed by atoms with Crippen LogP contribution in [-0.4, -0.2) is 31.2 Å². The first-order valence-corrected chi connectivity index (χ1v) is 6.75. The average Bonchev–Trinajstić information content (AvgIpc) is 2.30. The van der Waals surface area contributed by atoms with Gasteiger partial charge in [-0.15, -0.1) is 11.6 Å². The molecule has 0 aliphatic carbocycles. The predicted molar refractivity (Wildman–Crippen MR) is 65.6 cm³/mol. The van der Waals surface area contributed by atoms with Gasteiger partial charge in [0.05, 0.1) is 0 Å². The van der Waals surface area contributed by atoms with E-state index in [1.165, 1.54) is 25.7 Å². The second kappa shape index (κ2) is 7.48.